The Balaban J connectivity index is 1.61. The zero-order valence-corrected chi connectivity index (χ0v) is 11.9. The first-order valence-electron chi connectivity index (χ1n) is 6.79. The fourth-order valence-corrected chi connectivity index (χ4v) is 3.09. The highest BCUT2D eigenvalue weighted by Crippen LogP contribution is 2.34. The molecule has 3 unspecified atom stereocenters. The number of rotatable bonds is 3. The van der Waals surface area contributed by atoms with Gasteiger partial charge < -0.3 is 20.5 Å². The van der Waals surface area contributed by atoms with Crippen LogP contribution in [0.25, 0.3) is 0 Å². The number of urea groups is 1. The Hall–Kier alpha value is -1.79. The van der Waals surface area contributed by atoms with Gasteiger partial charge in [0.1, 0.15) is 0 Å². The second-order valence-corrected chi connectivity index (χ2v) is 5.72. The van der Waals surface area contributed by atoms with Crippen LogP contribution in [0.1, 0.15) is 29.6 Å². The van der Waals surface area contributed by atoms with Crippen molar-refractivity contribution in [1.29, 1.82) is 0 Å². The largest absolute Gasteiger partial charge is 0.478 e. The molecule has 21 heavy (non-hydrogen) atoms. The number of fused-ring (bicyclic) bond motifs is 2. The molecule has 7 heteroatoms. The monoisotopic (exact) mass is 310 g/mol. The van der Waals surface area contributed by atoms with Crippen molar-refractivity contribution in [3.05, 3.63) is 28.8 Å². The van der Waals surface area contributed by atoms with Crippen molar-refractivity contribution in [1.82, 2.24) is 5.32 Å². The van der Waals surface area contributed by atoms with Gasteiger partial charge in [0.25, 0.3) is 0 Å². The lowest BCUT2D eigenvalue weighted by Gasteiger charge is -2.20. The number of carboxylic acids is 1. The van der Waals surface area contributed by atoms with E-state index in [0.717, 1.165) is 19.3 Å². The molecule has 3 N–H and O–H groups in total. The average Bonchev–Trinajstić information content (AvgIpc) is 3.03. The maximum atomic E-state index is 12.0. The zero-order valence-electron chi connectivity index (χ0n) is 11.1. The van der Waals surface area contributed by atoms with Crippen LogP contribution in [-0.2, 0) is 4.74 Å². The summed E-state index contributed by atoms with van der Waals surface area (Å²) in [5.41, 5.74) is 0.454. The van der Waals surface area contributed by atoms with Gasteiger partial charge in [0.15, 0.2) is 0 Å². The zero-order chi connectivity index (χ0) is 15.0. The van der Waals surface area contributed by atoms with Crippen LogP contribution in [0, 0.1) is 0 Å². The van der Waals surface area contributed by atoms with Gasteiger partial charge in [0.2, 0.25) is 0 Å². The Kier molecular flexibility index (Phi) is 3.73. The molecule has 0 radical (unpaired) electrons. The SMILES string of the molecule is O=C(Nc1ccc(C(=O)O)cc1Cl)NC1CC2CCC1O2. The Labute approximate surface area is 126 Å². The van der Waals surface area contributed by atoms with E-state index >= 15 is 0 Å². The van der Waals surface area contributed by atoms with Gasteiger partial charge >= 0.3 is 12.0 Å². The Bertz CT molecular complexity index is 592. The molecule has 112 valence electrons. The lowest BCUT2D eigenvalue weighted by molar-refractivity contribution is 0.0697. The van der Waals surface area contributed by atoms with Gasteiger partial charge in [0, 0.05) is 0 Å². The summed E-state index contributed by atoms with van der Waals surface area (Å²) in [6.45, 7) is 0. The maximum absolute atomic E-state index is 12.0. The minimum Gasteiger partial charge on any atom is -0.478 e. The highest BCUT2D eigenvalue weighted by atomic mass is 35.5. The summed E-state index contributed by atoms with van der Waals surface area (Å²) in [7, 11) is 0. The van der Waals surface area contributed by atoms with Gasteiger partial charge in [-0.25, -0.2) is 9.59 Å². The third-order valence-corrected chi connectivity index (χ3v) is 4.20. The number of hydrogen-bond acceptors (Lipinski definition) is 3. The van der Waals surface area contributed by atoms with E-state index in [2.05, 4.69) is 10.6 Å². The summed E-state index contributed by atoms with van der Waals surface area (Å²) < 4.78 is 5.67. The molecule has 3 rings (SSSR count). The number of amides is 2. The lowest BCUT2D eigenvalue weighted by atomic mass is 9.96. The number of carbonyl (C=O) groups is 2. The number of nitrogens with one attached hydrogen (secondary N) is 2. The highest BCUT2D eigenvalue weighted by Gasteiger charge is 2.41. The molecule has 2 aliphatic heterocycles. The standard InChI is InChI=1S/C14H15ClN2O4/c15-9-5-7(13(18)19)1-3-10(9)16-14(20)17-11-6-8-2-4-12(11)21-8/h1,3,5,8,11-12H,2,4,6H2,(H,18,19)(H2,16,17,20). The number of benzene rings is 1. The predicted octanol–water partition coefficient (Wildman–Crippen LogP) is 2.48. The van der Waals surface area contributed by atoms with E-state index in [1.807, 2.05) is 0 Å². The van der Waals surface area contributed by atoms with Crippen LogP contribution in [0.15, 0.2) is 18.2 Å². The summed E-state index contributed by atoms with van der Waals surface area (Å²) >= 11 is 5.97. The molecule has 2 fully saturated rings. The van der Waals surface area contributed by atoms with E-state index in [0.29, 0.717) is 5.69 Å². The third-order valence-electron chi connectivity index (χ3n) is 3.89. The molecule has 2 aliphatic rings. The summed E-state index contributed by atoms with van der Waals surface area (Å²) in [6.07, 6.45) is 3.24. The van der Waals surface area contributed by atoms with Crippen molar-refractivity contribution in [3.8, 4) is 0 Å². The Morgan fingerprint density at radius 2 is 2.14 bits per heavy atom. The number of carbonyl (C=O) groups excluding carboxylic acids is 1. The average molecular weight is 311 g/mol. The van der Waals surface area contributed by atoms with Crippen molar-refractivity contribution in [2.45, 2.75) is 37.5 Å². The van der Waals surface area contributed by atoms with Crippen molar-refractivity contribution in [2.75, 3.05) is 5.32 Å². The lowest BCUT2D eigenvalue weighted by Crippen LogP contribution is -2.43. The van der Waals surface area contributed by atoms with Crippen LogP contribution in [0.5, 0.6) is 0 Å². The van der Waals surface area contributed by atoms with E-state index in [9.17, 15) is 9.59 Å². The number of halogens is 1. The van der Waals surface area contributed by atoms with Gasteiger partial charge in [-0.15, -0.1) is 0 Å². The molecule has 1 aromatic carbocycles. The van der Waals surface area contributed by atoms with Gasteiger partial charge in [0.05, 0.1) is 34.5 Å². The predicted molar refractivity (Wildman–Crippen MR) is 76.9 cm³/mol. The van der Waals surface area contributed by atoms with Crippen molar-refractivity contribution in [3.63, 3.8) is 0 Å². The first-order valence-corrected chi connectivity index (χ1v) is 7.16. The van der Waals surface area contributed by atoms with Gasteiger partial charge in [-0.3, -0.25) is 0 Å². The summed E-state index contributed by atoms with van der Waals surface area (Å²) in [5.74, 6) is -1.06. The molecular weight excluding hydrogens is 296 g/mol. The van der Waals surface area contributed by atoms with Crippen molar-refractivity contribution < 1.29 is 19.4 Å². The van der Waals surface area contributed by atoms with Gasteiger partial charge in [-0.1, -0.05) is 11.6 Å². The second kappa shape index (κ2) is 5.54. The van der Waals surface area contributed by atoms with E-state index in [4.69, 9.17) is 21.4 Å². The number of carboxylic acid groups (broad SMARTS) is 1. The van der Waals surface area contributed by atoms with Crippen LogP contribution < -0.4 is 10.6 Å². The Morgan fingerprint density at radius 3 is 2.71 bits per heavy atom. The van der Waals surface area contributed by atoms with E-state index < -0.39 is 5.97 Å². The van der Waals surface area contributed by atoms with Crippen molar-refractivity contribution in [2.24, 2.45) is 0 Å². The molecule has 1 aromatic rings. The maximum Gasteiger partial charge on any atom is 0.335 e. The molecule has 3 atom stereocenters. The highest BCUT2D eigenvalue weighted by molar-refractivity contribution is 6.34. The molecule has 2 heterocycles. The van der Waals surface area contributed by atoms with Crippen LogP contribution in [-0.4, -0.2) is 35.4 Å². The summed E-state index contributed by atoms with van der Waals surface area (Å²) in [4.78, 5) is 22.8. The first-order chi connectivity index (χ1) is 10.0. The van der Waals surface area contributed by atoms with Gasteiger partial charge in [-0.05, 0) is 37.5 Å². The molecule has 0 aliphatic carbocycles. The van der Waals surface area contributed by atoms with Gasteiger partial charge in [-0.2, -0.15) is 0 Å². The van der Waals surface area contributed by atoms with E-state index in [-0.39, 0.29) is 34.9 Å². The molecule has 2 bridgehead atoms. The van der Waals surface area contributed by atoms with Crippen LogP contribution in [0.4, 0.5) is 10.5 Å². The van der Waals surface area contributed by atoms with E-state index in [1.165, 1.54) is 18.2 Å². The molecule has 6 nitrogen and oxygen atoms in total. The molecule has 0 aromatic heterocycles. The number of ether oxygens (including phenoxy) is 1. The van der Waals surface area contributed by atoms with Crippen LogP contribution in [0.2, 0.25) is 5.02 Å². The Morgan fingerprint density at radius 1 is 1.33 bits per heavy atom. The van der Waals surface area contributed by atoms with E-state index in [1.54, 1.807) is 0 Å². The second-order valence-electron chi connectivity index (χ2n) is 5.31. The smallest absolute Gasteiger partial charge is 0.335 e. The van der Waals surface area contributed by atoms with Crippen LogP contribution >= 0.6 is 11.6 Å². The summed E-state index contributed by atoms with van der Waals surface area (Å²) in [6, 6.07) is 3.84. The minimum absolute atomic E-state index is 0.0285. The third kappa shape index (κ3) is 2.96. The fourth-order valence-electron chi connectivity index (χ4n) is 2.87. The summed E-state index contributed by atoms with van der Waals surface area (Å²) in [5, 5.41) is 14.6. The number of anilines is 1. The number of hydrogen-bond donors (Lipinski definition) is 3. The molecular formula is C14H15ClN2O4. The van der Waals surface area contributed by atoms with Crippen LogP contribution in [0.3, 0.4) is 0 Å². The quantitative estimate of drug-likeness (QED) is 0.800. The van der Waals surface area contributed by atoms with Crippen molar-refractivity contribution >= 4 is 29.3 Å². The molecule has 2 saturated heterocycles. The number of aromatic carboxylic acids is 1. The molecule has 2 amide bonds. The fraction of sp³-hybridized carbons (Fsp3) is 0.429. The minimum atomic E-state index is -1.06. The molecule has 0 saturated carbocycles. The first kappa shape index (κ1) is 14.2. The topological polar surface area (TPSA) is 87.7 Å². The normalized spacial score (nSPS) is 26.6. The molecule has 0 spiro atoms.